The average Bonchev–Trinajstić information content (AvgIpc) is 2.74. The Morgan fingerprint density at radius 1 is 0.828 bits per heavy atom. The molecule has 0 saturated carbocycles. The minimum atomic E-state index is -0.321. The fraction of sp³-hybridized carbons (Fsp3) is 0.0417. The molecule has 5 heteroatoms. The van der Waals surface area contributed by atoms with Gasteiger partial charge in [-0.15, -0.1) is 0 Å². The molecule has 4 aromatic rings. The van der Waals surface area contributed by atoms with Gasteiger partial charge in [0, 0.05) is 15.7 Å². The summed E-state index contributed by atoms with van der Waals surface area (Å²) in [5, 5.41) is 19.9. The van der Waals surface area contributed by atoms with Crippen LogP contribution in [0, 0.1) is 0 Å². The van der Waals surface area contributed by atoms with Gasteiger partial charge in [0.05, 0.1) is 6.04 Å². The molecule has 0 fully saturated rings. The number of benzene rings is 4. The fourth-order valence-corrected chi connectivity index (χ4v) is 3.88. The van der Waals surface area contributed by atoms with Gasteiger partial charge in [-0.3, -0.25) is 0 Å². The Morgan fingerprint density at radius 2 is 1.52 bits per heavy atom. The number of halogens is 1. The van der Waals surface area contributed by atoms with Crippen LogP contribution in [0.1, 0.15) is 17.2 Å². The fourth-order valence-electron chi connectivity index (χ4n) is 3.38. The number of phenols is 1. The average molecular weight is 463 g/mol. The van der Waals surface area contributed by atoms with E-state index in [4.69, 9.17) is 12.2 Å². The largest absolute Gasteiger partial charge is 0.508 e. The van der Waals surface area contributed by atoms with E-state index in [0.717, 1.165) is 32.1 Å². The lowest BCUT2D eigenvalue weighted by atomic mass is 9.93. The second-order valence-corrected chi connectivity index (χ2v) is 7.99. The molecule has 1 atom stereocenters. The maximum Gasteiger partial charge on any atom is 0.171 e. The van der Waals surface area contributed by atoms with Crippen LogP contribution in [-0.4, -0.2) is 10.2 Å². The van der Waals surface area contributed by atoms with Crippen LogP contribution in [0.2, 0.25) is 0 Å². The van der Waals surface area contributed by atoms with Gasteiger partial charge in [-0.05, 0) is 58.9 Å². The molecule has 0 aliphatic heterocycles. The van der Waals surface area contributed by atoms with Crippen molar-refractivity contribution in [3.63, 3.8) is 0 Å². The number of thiocarbonyl (C=S) groups is 1. The standard InChI is InChI=1S/C24H19BrN2OS/c25-18-13-10-17(11-14-18)23(27-24(29)26-19-7-2-1-3-8-19)22-20-9-5-4-6-16(20)12-15-21(22)28/h1-15,23,28H,(H2,26,27,29). The van der Waals surface area contributed by atoms with Crippen LogP contribution in [0.3, 0.4) is 0 Å². The van der Waals surface area contributed by atoms with Crippen molar-refractivity contribution in [2.45, 2.75) is 6.04 Å². The van der Waals surface area contributed by atoms with E-state index in [9.17, 15) is 5.11 Å². The molecular weight excluding hydrogens is 444 g/mol. The minimum Gasteiger partial charge on any atom is -0.508 e. The number of anilines is 1. The molecule has 3 N–H and O–H groups in total. The smallest absolute Gasteiger partial charge is 0.171 e. The first-order valence-electron chi connectivity index (χ1n) is 9.20. The molecule has 0 heterocycles. The van der Waals surface area contributed by atoms with E-state index < -0.39 is 0 Å². The van der Waals surface area contributed by atoms with Crippen molar-refractivity contribution >= 4 is 49.7 Å². The molecule has 0 spiro atoms. The van der Waals surface area contributed by atoms with Gasteiger partial charge in [-0.1, -0.05) is 76.6 Å². The van der Waals surface area contributed by atoms with Crippen LogP contribution in [0.5, 0.6) is 5.75 Å². The predicted molar refractivity (Wildman–Crippen MR) is 127 cm³/mol. The molecule has 4 rings (SSSR count). The Balaban J connectivity index is 1.76. The molecule has 1 unspecified atom stereocenters. The summed E-state index contributed by atoms with van der Waals surface area (Å²) in [6.45, 7) is 0. The van der Waals surface area contributed by atoms with E-state index in [1.165, 1.54) is 0 Å². The highest BCUT2D eigenvalue weighted by Gasteiger charge is 2.21. The topological polar surface area (TPSA) is 44.3 Å². The van der Waals surface area contributed by atoms with Crippen LogP contribution in [0.25, 0.3) is 10.8 Å². The zero-order chi connectivity index (χ0) is 20.2. The number of nitrogens with one attached hydrogen (secondary N) is 2. The van der Waals surface area contributed by atoms with Crippen molar-refractivity contribution in [3.8, 4) is 5.75 Å². The van der Waals surface area contributed by atoms with Crippen LogP contribution < -0.4 is 10.6 Å². The molecule has 0 aromatic heterocycles. The summed E-state index contributed by atoms with van der Waals surface area (Å²) in [7, 11) is 0. The van der Waals surface area contributed by atoms with Gasteiger partial charge < -0.3 is 15.7 Å². The number of aromatic hydroxyl groups is 1. The van der Waals surface area contributed by atoms with E-state index in [-0.39, 0.29) is 11.8 Å². The van der Waals surface area contributed by atoms with E-state index in [1.54, 1.807) is 6.07 Å². The number of phenolic OH excluding ortho intramolecular Hbond substituents is 1. The Bertz CT molecular complexity index is 1150. The highest BCUT2D eigenvalue weighted by Crippen LogP contribution is 2.36. The lowest BCUT2D eigenvalue weighted by molar-refractivity contribution is 0.464. The second kappa shape index (κ2) is 8.64. The Kier molecular flexibility index (Phi) is 5.79. The highest BCUT2D eigenvalue weighted by molar-refractivity contribution is 9.10. The molecule has 3 nitrogen and oxygen atoms in total. The summed E-state index contributed by atoms with van der Waals surface area (Å²) in [5.41, 5.74) is 2.70. The third-order valence-electron chi connectivity index (χ3n) is 4.75. The zero-order valence-corrected chi connectivity index (χ0v) is 17.9. The van der Waals surface area contributed by atoms with Crippen LogP contribution >= 0.6 is 28.1 Å². The maximum atomic E-state index is 10.8. The lowest BCUT2D eigenvalue weighted by Gasteiger charge is -2.24. The quantitative estimate of drug-likeness (QED) is 0.307. The Morgan fingerprint density at radius 3 is 2.28 bits per heavy atom. The SMILES string of the molecule is Oc1ccc2ccccc2c1C(NC(=S)Nc1ccccc1)c1ccc(Br)cc1. The normalized spacial score (nSPS) is 11.8. The van der Waals surface area contributed by atoms with Crippen molar-refractivity contribution in [3.05, 3.63) is 107 Å². The molecule has 0 saturated heterocycles. The van der Waals surface area contributed by atoms with Crippen molar-refractivity contribution < 1.29 is 5.11 Å². The summed E-state index contributed by atoms with van der Waals surface area (Å²) < 4.78 is 0.993. The number of hydrogen-bond donors (Lipinski definition) is 3. The molecule has 4 aromatic carbocycles. The van der Waals surface area contributed by atoms with Gasteiger partial charge in [-0.25, -0.2) is 0 Å². The summed E-state index contributed by atoms with van der Waals surface area (Å²) in [6, 6.07) is 29.2. The molecule has 29 heavy (non-hydrogen) atoms. The third-order valence-corrected chi connectivity index (χ3v) is 5.50. The van der Waals surface area contributed by atoms with E-state index in [2.05, 4.69) is 26.6 Å². The van der Waals surface area contributed by atoms with E-state index >= 15 is 0 Å². The number of rotatable bonds is 4. The molecule has 0 bridgehead atoms. The minimum absolute atomic E-state index is 0.228. The highest BCUT2D eigenvalue weighted by atomic mass is 79.9. The first-order valence-corrected chi connectivity index (χ1v) is 10.4. The molecule has 0 amide bonds. The van der Waals surface area contributed by atoms with E-state index in [0.29, 0.717) is 5.11 Å². The molecule has 0 radical (unpaired) electrons. The first kappa shape index (κ1) is 19.4. The molecule has 0 aliphatic carbocycles. The summed E-state index contributed by atoms with van der Waals surface area (Å²) in [5.74, 6) is 0.228. The summed E-state index contributed by atoms with van der Waals surface area (Å²) in [6.07, 6.45) is 0. The zero-order valence-electron chi connectivity index (χ0n) is 15.5. The predicted octanol–water partition coefficient (Wildman–Crippen LogP) is 6.38. The third kappa shape index (κ3) is 4.42. The lowest BCUT2D eigenvalue weighted by Crippen LogP contribution is -2.33. The summed E-state index contributed by atoms with van der Waals surface area (Å²) >= 11 is 9.08. The van der Waals surface area contributed by atoms with Crippen molar-refractivity contribution in [1.82, 2.24) is 5.32 Å². The molecule has 144 valence electrons. The van der Waals surface area contributed by atoms with Crippen LogP contribution in [0.15, 0.2) is 95.5 Å². The van der Waals surface area contributed by atoms with Gasteiger partial charge in [-0.2, -0.15) is 0 Å². The summed E-state index contributed by atoms with van der Waals surface area (Å²) in [4.78, 5) is 0. The van der Waals surface area contributed by atoms with Gasteiger partial charge in [0.1, 0.15) is 5.75 Å². The maximum absolute atomic E-state index is 10.8. The van der Waals surface area contributed by atoms with Gasteiger partial charge >= 0.3 is 0 Å². The molecule has 0 aliphatic rings. The van der Waals surface area contributed by atoms with E-state index in [1.807, 2.05) is 84.9 Å². The second-order valence-electron chi connectivity index (χ2n) is 6.67. The van der Waals surface area contributed by atoms with Gasteiger partial charge in [0.15, 0.2) is 5.11 Å². The van der Waals surface area contributed by atoms with Gasteiger partial charge in [0.2, 0.25) is 0 Å². The van der Waals surface area contributed by atoms with Crippen molar-refractivity contribution in [1.29, 1.82) is 0 Å². The molecular formula is C24H19BrN2OS. The Hall–Kier alpha value is -2.89. The number of para-hydroxylation sites is 1. The number of fused-ring (bicyclic) bond motifs is 1. The van der Waals surface area contributed by atoms with Gasteiger partial charge in [0.25, 0.3) is 0 Å². The Labute approximate surface area is 183 Å². The van der Waals surface area contributed by atoms with Crippen LogP contribution in [-0.2, 0) is 0 Å². The number of hydrogen-bond acceptors (Lipinski definition) is 2. The first-order chi connectivity index (χ1) is 14.1. The van der Waals surface area contributed by atoms with Crippen molar-refractivity contribution in [2.24, 2.45) is 0 Å². The van der Waals surface area contributed by atoms with Crippen molar-refractivity contribution in [2.75, 3.05) is 5.32 Å². The monoisotopic (exact) mass is 462 g/mol. The van der Waals surface area contributed by atoms with Crippen LogP contribution in [0.4, 0.5) is 5.69 Å².